The van der Waals surface area contributed by atoms with Gasteiger partial charge in [-0.2, -0.15) is 0 Å². The van der Waals surface area contributed by atoms with Gasteiger partial charge in [0, 0.05) is 22.9 Å². The zero-order chi connectivity index (χ0) is 3.41. The smallest absolute Gasteiger partial charge is 0.214 e. The summed E-state index contributed by atoms with van der Waals surface area (Å²) in [6, 6.07) is 0. The van der Waals surface area contributed by atoms with E-state index in [2.05, 4.69) is 3.44 Å². The molecule has 1 radical (unpaired) electrons. The average Bonchev–Trinajstić information content (AvgIpc) is 1.37. The summed E-state index contributed by atoms with van der Waals surface area (Å²) in [6.45, 7) is 1.94. The normalized spacial score (nSPS) is 6.50. The summed E-state index contributed by atoms with van der Waals surface area (Å²) in [4.78, 5) is 0. The lowest BCUT2D eigenvalue weighted by molar-refractivity contribution is 1.75. The molecule has 0 rings (SSSR count). The van der Waals surface area contributed by atoms with Crippen LogP contribution in [0.2, 0.25) is 6.82 Å². The monoisotopic (exact) mass is 168 g/mol. The highest BCUT2D eigenvalue weighted by atomic mass is 127. The highest BCUT2D eigenvalue weighted by molar-refractivity contribution is 14.1. The second-order valence-corrected chi connectivity index (χ2v) is 1.02. The molecule has 1 nitrogen and oxygen atoms in total. The quantitative estimate of drug-likeness (QED) is 0.343. The Hall–Kier alpha value is 0.755. The second kappa shape index (κ2) is 3.75. The lowest BCUT2D eigenvalue weighted by Crippen LogP contribution is -1.96. The van der Waals surface area contributed by atoms with Gasteiger partial charge in [0.1, 0.15) is 0 Å². The van der Waals surface area contributed by atoms with Crippen LogP contribution >= 0.6 is 22.9 Å². The molecule has 0 aromatic rings. The average molecular weight is 168 g/mol. The first-order valence-corrected chi connectivity index (χ1v) is 2.13. The molecular weight excluding hydrogens is 164 g/mol. The number of hydrogen-bond acceptors (Lipinski definition) is 1. The van der Waals surface area contributed by atoms with Gasteiger partial charge in [0.05, 0.1) is 0 Å². The fourth-order valence-electron chi connectivity index (χ4n) is 0. The topological polar surface area (TPSA) is 12.0 Å². The molecule has 0 aliphatic heterocycles. The number of rotatable bonds is 1. The standard InChI is InChI=1S/CH4BIN/c1-2-4-3/h4H,1H3. The summed E-state index contributed by atoms with van der Waals surface area (Å²) in [6.07, 6.45) is 0. The summed E-state index contributed by atoms with van der Waals surface area (Å²) < 4.78 is 2.78. The molecular formula is CH4BIN. The number of halogens is 1. The van der Waals surface area contributed by atoms with Crippen molar-refractivity contribution in [2.45, 2.75) is 6.82 Å². The SMILES string of the molecule is C[B]NI. The molecule has 0 aliphatic rings. The van der Waals surface area contributed by atoms with Crippen molar-refractivity contribution in [1.29, 1.82) is 0 Å². The minimum atomic E-state index is 1.86. The minimum Gasteiger partial charge on any atom is -0.306 e. The second-order valence-electron chi connectivity index (χ2n) is 0.398. The molecule has 0 amide bonds. The Morgan fingerprint density at radius 2 is 2.25 bits per heavy atom. The molecule has 3 heteroatoms. The van der Waals surface area contributed by atoms with E-state index < -0.39 is 0 Å². The van der Waals surface area contributed by atoms with E-state index in [4.69, 9.17) is 0 Å². The van der Waals surface area contributed by atoms with E-state index in [1.165, 1.54) is 0 Å². The van der Waals surface area contributed by atoms with Gasteiger partial charge in [0.25, 0.3) is 0 Å². The van der Waals surface area contributed by atoms with Crippen LogP contribution in [-0.4, -0.2) is 7.41 Å². The van der Waals surface area contributed by atoms with E-state index in [-0.39, 0.29) is 0 Å². The van der Waals surface area contributed by atoms with Gasteiger partial charge in [-0.25, -0.2) is 0 Å². The summed E-state index contributed by atoms with van der Waals surface area (Å²) in [5.74, 6) is 0. The molecule has 0 heterocycles. The molecule has 0 bridgehead atoms. The van der Waals surface area contributed by atoms with E-state index in [1.54, 1.807) is 0 Å². The fraction of sp³-hybridized carbons (Fsp3) is 1.00. The molecule has 0 fully saturated rings. The molecule has 0 spiro atoms. The first kappa shape index (κ1) is 4.75. The van der Waals surface area contributed by atoms with Crippen molar-refractivity contribution in [3.05, 3.63) is 0 Å². The Balaban J connectivity index is 1.97. The Bertz CT molecular complexity index is 10.0. The number of hydrogen-bond donors (Lipinski definition) is 1. The highest BCUT2D eigenvalue weighted by Gasteiger charge is 1.60. The molecule has 1 N–H and O–H groups in total. The Morgan fingerprint density at radius 3 is 2.25 bits per heavy atom. The van der Waals surface area contributed by atoms with E-state index in [1.807, 2.05) is 37.1 Å². The van der Waals surface area contributed by atoms with E-state index in [9.17, 15) is 0 Å². The minimum absolute atomic E-state index is 1.86. The van der Waals surface area contributed by atoms with Gasteiger partial charge in [-0.3, -0.25) is 0 Å². The maximum absolute atomic E-state index is 2.78. The first-order chi connectivity index (χ1) is 1.91. The van der Waals surface area contributed by atoms with E-state index in [0.29, 0.717) is 0 Å². The molecule has 0 aromatic carbocycles. The van der Waals surface area contributed by atoms with Crippen LogP contribution in [0.15, 0.2) is 0 Å². The van der Waals surface area contributed by atoms with Gasteiger partial charge in [0.2, 0.25) is 7.41 Å². The van der Waals surface area contributed by atoms with E-state index >= 15 is 0 Å². The van der Waals surface area contributed by atoms with Crippen LogP contribution < -0.4 is 3.44 Å². The Kier molecular flexibility index (Phi) is 4.46. The van der Waals surface area contributed by atoms with Crippen molar-refractivity contribution in [2.75, 3.05) is 0 Å². The predicted octanol–water partition coefficient (Wildman–Crippen LogP) is 0.593. The van der Waals surface area contributed by atoms with Crippen molar-refractivity contribution >= 4 is 30.3 Å². The first-order valence-electron chi connectivity index (χ1n) is 1.06. The van der Waals surface area contributed by atoms with Gasteiger partial charge >= 0.3 is 0 Å². The molecule has 0 aliphatic carbocycles. The molecule has 0 saturated carbocycles. The summed E-state index contributed by atoms with van der Waals surface area (Å²) in [5, 5.41) is 0. The summed E-state index contributed by atoms with van der Waals surface area (Å²) in [5.41, 5.74) is 0. The third-order valence-corrected chi connectivity index (χ3v) is 0.732. The van der Waals surface area contributed by atoms with Gasteiger partial charge in [-0.05, 0) is 0 Å². The van der Waals surface area contributed by atoms with Crippen molar-refractivity contribution in [3.63, 3.8) is 0 Å². The molecule has 23 valence electrons. The number of nitrogens with one attached hydrogen (secondary N) is 1. The van der Waals surface area contributed by atoms with Crippen molar-refractivity contribution in [1.82, 2.24) is 3.44 Å². The third kappa shape index (κ3) is 2.75. The molecule has 0 aromatic heterocycles. The van der Waals surface area contributed by atoms with Crippen LogP contribution in [0.4, 0.5) is 0 Å². The van der Waals surface area contributed by atoms with Gasteiger partial charge in [0.15, 0.2) is 0 Å². The van der Waals surface area contributed by atoms with Crippen LogP contribution in [0.5, 0.6) is 0 Å². The summed E-state index contributed by atoms with van der Waals surface area (Å²) >= 11 is 2.05. The fourth-order valence-corrected chi connectivity index (χ4v) is 0. The predicted molar refractivity (Wildman–Crippen MR) is 28.8 cm³/mol. The lowest BCUT2D eigenvalue weighted by atomic mass is 10.0. The highest BCUT2D eigenvalue weighted by Crippen LogP contribution is 1.57. The van der Waals surface area contributed by atoms with Crippen LogP contribution in [0, 0.1) is 0 Å². The van der Waals surface area contributed by atoms with Crippen LogP contribution in [0.3, 0.4) is 0 Å². The summed E-state index contributed by atoms with van der Waals surface area (Å²) in [7, 11) is 1.86. The van der Waals surface area contributed by atoms with Crippen LogP contribution in [-0.2, 0) is 0 Å². The maximum atomic E-state index is 2.78. The van der Waals surface area contributed by atoms with Crippen LogP contribution in [0.25, 0.3) is 0 Å². The lowest BCUT2D eigenvalue weighted by Gasteiger charge is -1.68. The Labute approximate surface area is 40.9 Å². The largest absolute Gasteiger partial charge is 0.306 e. The molecule has 0 saturated heterocycles. The van der Waals surface area contributed by atoms with Crippen molar-refractivity contribution in [2.24, 2.45) is 0 Å². The molecule has 0 unspecified atom stereocenters. The van der Waals surface area contributed by atoms with Gasteiger partial charge in [-0.15, -0.1) is 0 Å². The maximum Gasteiger partial charge on any atom is 0.214 e. The Morgan fingerprint density at radius 1 is 2.00 bits per heavy atom. The van der Waals surface area contributed by atoms with Crippen molar-refractivity contribution in [3.8, 4) is 0 Å². The zero-order valence-corrected chi connectivity index (χ0v) is 4.61. The molecule has 0 atom stereocenters. The van der Waals surface area contributed by atoms with Crippen molar-refractivity contribution < 1.29 is 0 Å². The van der Waals surface area contributed by atoms with Gasteiger partial charge in [-0.1, -0.05) is 6.82 Å². The third-order valence-electron chi connectivity index (χ3n) is 0.109. The van der Waals surface area contributed by atoms with E-state index in [0.717, 1.165) is 0 Å². The van der Waals surface area contributed by atoms with Crippen LogP contribution in [0.1, 0.15) is 0 Å². The zero-order valence-electron chi connectivity index (χ0n) is 2.46. The van der Waals surface area contributed by atoms with Gasteiger partial charge < -0.3 is 3.44 Å². The molecule has 4 heavy (non-hydrogen) atoms.